The fourth-order valence-electron chi connectivity index (χ4n) is 3.99. The molecule has 1 saturated carbocycles. The van der Waals surface area contributed by atoms with Gasteiger partial charge in [-0.3, -0.25) is 19.0 Å². The first-order chi connectivity index (χ1) is 16.5. The predicted molar refractivity (Wildman–Crippen MR) is 135 cm³/mol. The summed E-state index contributed by atoms with van der Waals surface area (Å²) in [7, 11) is 0. The summed E-state index contributed by atoms with van der Waals surface area (Å²) >= 11 is 5.35. The average Bonchev–Trinajstić information content (AvgIpc) is 3.65. The monoisotopic (exact) mass is 478 g/mol. The van der Waals surface area contributed by atoms with Crippen LogP contribution in [0.3, 0.4) is 0 Å². The highest BCUT2D eigenvalue weighted by Crippen LogP contribution is 2.19. The van der Waals surface area contributed by atoms with Gasteiger partial charge in [-0.2, -0.15) is 0 Å². The van der Waals surface area contributed by atoms with Gasteiger partial charge in [-0.15, -0.1) is 0 Å². The number of benzene rings is 2. The van der Waals surface area contributed by atoms with Gasteiger partial charge in [0.2, 0.25) is 11.8 Å². The molecular formula is C26H30N4O3S. The first-order valence-corrected chi connectivity index (χ1v) is 12.3. The maximum atomic E-state index is 12.7. The minimum Gasteiger partial charge on any atom is -0.352 e. The van der Waals surface area contributed by atoms with Gasteiger partial charge in [0.15, 0.2) is 4.77 Å². The van der Waals surface area contributed by atoms with E-state index in [0.29, 0.717) is 36.0 Å². The lowest BCUT2D eigenvalue weighted by Crippen LogP contribution is -2.48. The normalized spacial score (nSPS) is 14.0. The third-order valence-corrected chi connectivity index (χ3v) is 6.36. The van der Waals surface area contributed by atoms with Crippen molar-refractivity contribution < 1.29 is 9.59 Å². The maximum absolute atomic E-state index is 12.7. The molecular weight excluding hydrogens is 448 g/mol. The summed E-state index contributed by atoms with van der Waals surface area (Å²) in [5.41, 5.74) is 1.65. The van der Waals surface area contributed by atoms with Crippen molar-refractivity contribution in [2.75, 3.05) is 0 Å². The van der Waals surface area contributed by atoms with E-state index >= 15 is 0 Å². The molecule has 0 bridgehead atoms. The lowest BCUT2D eigenvalue weighted by Gasteiger charge is -2.18. The molecule has 2 amide bonds. The number of H-pyrrole nitrogens is 1. The Morgan fingerprint density at radius 1 is 1.03 bits per heavy atom. The Labute approximate surface area is 203 Å². The summed E-state index contributed by atoms with van der Waals surface area (Å²) in [6.07, 6.45) is 4.99. The molecule has 8 heteroatoms. The molecule has 0 saturated heterocycles. The molecule has 0 radical (unpaired) electrons. The van der Waals surface area contributed by atoms with E-state index in [4.69, 9.17) is 12.2 Å². The van der Waals surface area contributed by atoms with Gasteiger partial charge in [0.25, 0.3) is 5.56 Å². The number of carbonyl (C=O) groups is 2. The Balaban J connectivity index is 1.26. The molecule has 3 N–H and O–H groups in total. The summed E-state index contributed by atoms with van der Waals surface area (Å²) in [6, 6.07) is 16.7. The fraction of sp³-hybridized carbons (Fsp3) is 0.385. The first kappa shape index (κ1) is 23.9. The number of nitrogens with one attached hydrogen (secondary N) is 3. The lowest BCUT2D eigenvalue weighted by atomic mass is 10.0. The number of aromatic amines is 1. The highest BCUT2D eigenvalue weighted by atomic mass is 32.1. The number of hydrogen-bond acceptors (Lipinski definition) is 4. The first-order valence-electron chi connectivity index (χ1n) is 11.9. The summed E-state index contributed by atoms with van der Waals surface area (Å²) in [6.45, 7) is 0.501. The number of amides is 2. The van der Waals surface area contributed by atoms with Crippen molar-refractivity contribution in [3.05, 3.63) is 75.3 Å². The third-order valence-electron chi connectivity index (χ3n) is 6.03. The molecule has 1 atom stereocenters. The van der Waals surface area contributed by atoms with Crippen LogP contribution in [0, 0.1) is 4.77 Å². The highest BCUT2D eigenvalue weighted by Gasteiger charge is 2.28. The molecule has 1 aromatic heterocycles. The van der Waals surface area contributed by atoms with Gasteiger partial charge < -0.3 is 15.6 Å². The Morgan fingerprint density at radius 2 is 1.76 bits per heavy atom. The van der Waals surface area contributed by atoms with Crippen LogP contribution in [0.2, 0.25) is 0 Å². The van der Waals surface area contributed by atoms with Gasteiger partial charge in [-0.1, -0.05) is 48.9 Å². The highest BCUT2D eigenvalue weighted by molar-refractivity contribution is 7.71. The van der Waals surface area contributed by atoms with Crippen LogP contribution in [0.1, 0.15) is 44.1 Å². The van der Waals surface area contributed by atoms with Crippen LogP contribution in [0.5, 0.6) is 0 Å². The molecule has 0 spiro atoms. The topological polar surface area (TPSA) is 96.0 Å². The Kier molecular flexibility index (Phi) is 7.90. The van der Waals surface area contributed by atoms with E-state index in [-0.39, 0.29) is 23.4 Å². The van der Waals surface area contributed by atoms with E-state index in [0.717, 1.165) is 36.8 Å². The molecule has 1 unspecified atom stereocenters. The minimum absolute atomic E-state index is 0.0949. The zero-order valence-electron chi connectivity index (χ0n) is 19.1. The summed E-state index contributed by atoms with van der Waals surface area (Å²) < 4.78 is 1.99. The van der Waals surface area contributed by atoms with Crippen molar-refractivity contribution in [3.8, 4) is 0 Å². The predicted octanol–water partition coefficient (Wildman–Crippen LogP) is 3.63. The summed E-state index contributed by atoms with van der Waals surface area (Å²) in [5, 5.41) is 6.53. The van der Waals surface area contributed by atoms with E-state index in [1.807, 2.05) is 48.5 Å². The van der Waals surface area contributed by atoms with Crippen LogP contribution in [-0.4, -0.2) is 33.4 Å². The van der Waals surface area contributed by atoms with Gasteiger partial charge in [0.05, 0.1) is 10.9 Å². The molecule has 34 heavy (non-hydrogen) atoms. The van der Waals surface area contributed by atoms with Gasteiger partial charge >= 0.3 is 0 Å². The quantitative estimate of drug-likeness (QED) is 0.290. The standard InChI is InChI=1S/C26H30N4O3S/c31-23(28-22(24(32)27-19-14-15-19)17-18-9-3-1-4-10-18)13-5-2-8-16-30-25(33)20-11-6-7-12-21(20)29-26(30)34/h1,3-4,6-7,9-12,19,22H,2,5,8,13-17H2,(H,27,32)(H,28,31)(H,29,34). The van der Waals surface area contributed by atoms with Crippen molar-refractivity contribution in [2.24, 2.45) is 0 Å². The number of unbranched alkanes of at least 4 members (excludes halogenated alkanes) is 2. The van der Waals surface area contributed by atoms with Crippen molar-refractivity contribution >= 4 is 34.9 Å². The molecule has 1 aliphatic carbocycles. The number of para-hydroxylation sites is 1. The Bertz CT molecular complexity index is 1260. The van der Waals surface area contributed by atoms with E-state index < -0.39 is 6.04 Å². The number of hydrogen-bond donors (Lipinski definition) is 3. The number of rotatable bonds is 11. The number of carbonyl (C=O) groups excluding carboxylic acids is 2. The second-order valence-electron chi connectivity index (χ2n) is 8.84. The van der Waals surface area contributed by atoms with E-state index in [9.17, 15) is 14.4 Å². The number of aromatic nitrogens is 2. The van der Waals surface area contributed by atoms with Crippen molar-refractivity contribution in [1.29, 1.82) is 0 Å². The molecule has 7 nitrogen and oxygen atoms in total. The van der Waals surface area contributed by atoms with Crippen molar-refractivity contribution in [3.63, 3.8) is 0 Å². The lowest BCUT2D eigenvalue weighted by molar-refractivity contribution is -0.129. The largest absolute Gasteiger partial charge is 0.352 e. The fourth-order valence-corrected chi connectivity index (χ4v) is 4.27. The third kappa shape index (κ3) is 6.41. The van der Waals surface area contributed by atoms with Crippen LogP contribution in [0.15, 0.2) is 59.4 Å². The molecule has 1 aliphatic rings. The molecule has 2 aromatic carbocycles. The van der Waals surface area contributed by atoms with Gasteiger partial charge in [-0.25, -0.2) is 0 Å². The maximum Gasteiger partial charge on any atom is 0.262 e. The SMILES string of the molecule is O=C(CCCCCn1c(=S)[nH]c2ccccc2c1=O)NC(Cc1ccccc1)C(=O)NC1CC1. The van der Waals surface area contributed by atoms with Gasteiger partial charge in [-0.05, 0) is 55.6 Å². The molecule has 0 aliphatic heterocycles. The zero-order valence-corrected chi connectivity index (χ0v) is 19.9. The minimum atomic E-state index is -0.579. The number of nitrogens with zero attached hydrogens (tertiary/aromatic N) is 1. The summed E-state index contributed by atoms with van der Waals surface area (Å²) in [5.74, 6) is -0.253. The van der Waals surface area contributed by atoms with Gasteiger partial charge in [0.1, 0.15) is 6.04 Å². The smallest absolute Gasteiger partial charge is 0.262 e. The molecule has 4 rings (SSSR count). The number of fused-ring (bicyclic) bond motifs is 1. The van der Waals surface area contributed by atoms with Crippen LogP contribution in [0.25, 0.3) is 10.9 Å². The second-order valence-corrected chi connectivity index (χ2v) is 9.22. The van der Waals surface area contributed by atoms with Crippen LogP contribution in [-0.2, 0) is 22.6 Å². The van der Waals surface area contributed by atoms with E-state index in [2.05, 4.69) is 15.6 Å². The van der Waals surface area contributed by atoms with Crippen LogP contribution in [0.4, 0.5) is 0 Å². The zero-order chi connectivity index (χ0) is 23.9. The average molecular weight is 479 g/mol. The summed E-state index contributed by atoms with van der Waals surface area (Å²) in [4.78, 5) is 41.0. The van der Waals surface area contributed by atoms with E-state index in [1.165, 1.54) is 0 Å². The van der Waals surface area contributed by atoms with Gasteiger partial charge in [0, 0.05) is 25.4 Å². The molecule has 3 aromatic rings. The van der Waals surface area contributed by atoms with E-state index in [1.54, 1.807) is 10.6 Å². The van der Waals surface area contributed by atoms with Crippen LogP contribution >= 0.6 is 12.2 Å². The molecule has 1 fully saturated rings. The van der Waals surface area contributed by atoms with Crippen molar-refractivity contribution in [2.45, 2.75) is 63.6 Å². The molecule has 1 heterocycles. The molecule has 178 valence electrons. The Morgan fingerprint density at radius 3 is 2.53 bits per heavy atom. The van der Waals surface area contributed by atoms with Crippen molar-refractivity contribution in [1.82, 2.24) is 20.2 Å². The second kappa shape index (κ2) is 11.2. The van der Waals surface area contributed by atoms with Crippen LogP contribution < -0.4 is 16.2 Å². The Hall–Kier alpha value is -3.26.